The van der Waals surface area contributed by atoms with Crippen LogP contribution >= 0.6 is 12.4 Å². The molecule has 0 amide bonds. The smallest absolute Gasteiger partial charge is 0.240 e. The Hall–Kier alpha value is -2.05. The van der Waals surface area contributed by atoms with Gasteiger partial charge in [-0.05, 0) is 11.6 Å². The molecule has 0 bridgehead atoms. The van der Waals surface area contributed by atoms with E-state index >= 15 is 0 Å². The molecule has 0 radical (unpaired) electrons. The minimum Gasteiger partial charge on any atom is -0.493 e. The van der Waals surface area contributed by atoms with Crippen molar-refractivity contribution in [2.24, 2.45) is 5.73 Å². The summed E-state index contributed by atoms with van der Waals surface area (Å²) in [6, 6.07) is 11.9. The van der Waals surface area contributed by atoms with Crippen LogP contribution in [0.1, 0.15) is 23.6 Å². The fraction of sp³-hybridized carbons (Fsp3) is 0.333. The van der Waals surface area contributed by atoms with Gasteiger partial charge in [-0.3, -0.25) is 0 Å². The van der Waals surface area contributed by atoms with Crippen LogP contribution in [0.25, 0.3) is 0 Å². The highest BCUT2D eigenvalue weighted by atomic mass is 35.5. The maximum Gasteiger partial charge on any atom is 0.240 e. The highest BCUT2D eigenvalue weighted by Crippen LogP contribution is 2.38. The Morgan fingerprint density at radius 3 is 2.12 bits per heavy atom. The lowest BCUT2D eigenvalue weighted by Crippen LogP contribution is -2.16. The fourth-order valence-corrected chi connectivity index (χ4v) is 2.35. The number of alkyl halides is 2. The molecule has 25 heavy (non-hydrogen) atoms. The van der Waals surface area contributed by atoms with Gasteiger partial charge in [0.2, 0.25) is 6.43 Å². The SMILES string of the molecule is COc1cc(OCc2ccccc2)c([C@H](N)CC(F)F)cc1OC.Cl. The van der Waals surface area contributed by atoms with Gasteiger partial charge in [-0.15, -0.1) is 12.4 Å². The van der Waals surface area contributed by atoms with Crippen molar-refractivity contribution >= 4 is 12.4 Å². The van der Waals surface area contributed by atoms with Crippen molar-refractivity contribution in [3.63, 3.8) is 0 Å². The van der Waals surface area contributed by atoms with Gasteiger partial charge in [0.25, 0.3) is 0 Å². The van der Waals surface area contributed by atoms with Crippen molar-refractivity contribution in [1.29, 1.82) is 0 Å². The molecule has 0 aliphatic carbocycles. The molecule has 2 aromatic carbocycles. The number of hydrogen-bond donors (Lipinski definition) is 1. The molecule has 0 saturated carbocycles. The zero-order valence-electron chi connectivity index (χ0n) is 14.1. The molecular formula is C18H22ClF2NO3. The summed E-state index contributed by atoms with van der Waals surface area (Å²) in [6.45, 7) is 0.296. The van der Waals surface area contributed by atoms with E-state index in [4.69, 9.17) is 19.9 Å². The molecule has 0 fully saturated rings. The summed E-state index contributed by atoms with van der Waals surface area (Å²) < 4.78 is 41.7. The molecule has 0 aromatic heterocycles. The lowest BCUT2D eigenvalue weighted by molar-refractivity contribution is 0.127. The van der Waals surface area contributed by atoms with E-state index in [0.29, 0.717) is 29.4 Å². The second kappa shape index (κ2) is 10.1. The number of benzene rings is 2. The average Bonchev–Trinajstić information content (AvgIpc) is 2.59. The number of nitrogens with two attached hydrogens (primary N) is 1. The normalized spacial score (nSPS) is 11.6. The Morgan fingerprint density at radius 1 is 0.960 bits per heavy atom. The van der Waals surface area contributed by atoms with Gasteiger partial charge in [0, 0.05) is 24.1 Å². The molecule has 0 saturated heterocycles. The van der Waals surface area contributed by atoms with Gasteiger partial charge in [-0.1, -0.05) is 30.3 Å². The first kappa shape index (κ1) is 21.0. The maximum absolute atomic E-state index is 12.7. The summed E-state index contributed by atoms with van der Waals surface area (Å²) in [5.74, 6) is 1.28. The first-order valence-corrected chi connectivity index (χ1v) is 7.51. The Morgan fingerprint density at radius 2 is 1.56 bits per heavy atom. The van der Waals surface area contributed by atoms with Crippen LogP contribution in [0.2, 0.25) is 0 Å². The molecule has 0 spiro atoms. The summed E-state index contributed by atoms with van der Waals surface area (Å²) in [7, 11) is 2.97. The van der Waals surface area contributed by atoms with Crippen molar-refractivity contribution in [2.45, 2.75) is 25.5 Å². The Balaban J connectivity index is 0.00000312. The van der Waals surface area contributed by atoms with E-state index in [1.807, 2.05) is 30.3 Å². The van der Waals surface area contributed by atoms with Gasteiger partial charge >= 0.3 is 0 Å². The number of methoxy groups -OCH3 is 2. The average molecular weight is 374 g/mol. The molecular weight excluding hydrogens is 352 g/mol. The second-order valence-corrected chi connectivity index (χ2v) is 5.25. The van der Waals surface area contributed by atoms with E-state index in [1.165, 1.54) is 14.2 Å². The van der Waals surface area contributed by atoms with Crippen molar-refractivity contribution in [1.82, 2.24) is 0 Å². The molecule has 2 rings (SSSR count). The van der Waals surface area contributed by atoms with E-state index in [-0.39, 0.29) is 12.4 Å². The fourth-order valence-electron chi connectivity index (χ4n) is 2.35. The number of hydrogen-bond acceptors (Lipinski definition) is 4. The van der Waals surface area contributed by atoms with Crippen molar-refractivity contribution in [3.05, 3.63) is 53.6 Å². The minimum atomic E-state index is -2.50. The zero-order chi connectivity index (χ0) is 17.5. The van der Waals surface area contributed by atoms with Crippen LogP contribution in [0.15, 0.2) is 42.5 Å². The van der Waals surface area contributed by atoms with Crippen molar-refractivity contribution < 1.29 is 23.0 Å². The molecule has 0 unspecified atom stereocenters. The van der Waals surface area contributed by atoms with Gasteiger partial charge in [0.15, 0.2) is 11.5 Å². The van der Waals surface area contributed by atoms with Gasteiger partial charge in [0.1, 0.15) is 12.4 Å². The number of halogens is 3. The molecule has 138 valence electrons. The van der Waals surface area contributed by atoms with Crippen LogP contribution in [-0.4, -0.2) is 20.6 Å². The summed E-state index contributed by atoms with van der Waals surface area (Å²) in [5, 5.41) is 0. The quantitative estimate of drug-likeness (QED) is 0.747. The van der Waals surface area contributed by atoms with E-state index in [2.05, 4.69) is 0 Å². The predicted octanol–water partition coefficient (Wildman–Crippen LogP) is 4.36. The minimum absolute atomic E-state index is 0. The zero-order valence-corrected chi connectivity index (χ0v) is 14.9. The van der Waals surface area contributed by atoms with Crippen LogP contribution < -0.4 is 19.9 Å². The van der Waals surface area contributed by atoms with E-state index in [1.54, 1.807) is 12.1 Å². The molecule has 0 heterocycles. The van der Waals surface area contributed by atoms with Crippen molar-refractivity contribution in [2.75, 3.05) is 14.2 Å². The number of rotatable bonds is 8. The largest absolute Gasteiger partial charge is 0.493 e. The topological polar surface area (TPSA) is 53.7 Å². The monoisotopic (exact) mass is 373 g/mol. The van der Waals surface area contributed by atoms with Crippen molar-refractivity contribution in [3.8, 4) is 17.2 Å². The van der Waals surface area contributed by atoms with Crippen LogP contribution in [0.5, 0.6) is 17.2 Å². The third-order valence-corrected chi connectivity index (χ3v) is 3.58. The second-order valence-electron chi connectivity index (χ2n) is 5.25. The van der Waals surface area contributed by atoms with E-state index in [0.717, 1.165) is 5.56 Å². The standard InChI is InChI=1S/C18H21F2NO3.ClH/c1-22-16-8-13(14(21)9-18(19)20)15(10-17(16)23-2)24-11-12-6-4-3-5-7-12;/h3-8,10,14,18H,9,11,21H2,1-2H3;1H/t14-;/m1./s1. The molecule has 0 aliphatic rings. The summed E-state index contributed by atoms with van der Waals surface area (Å²) in [6.07, 6.45) is -2.97. The van der Waals surface area contributed by atoms with Crippen LogP contribution in [0.3, 0.4) is 0 Å². The molecule has 4 nitrogen and oxygen atoms in total. The number of ether oxygens (including phenoxy) is 3. The molecule has 2 aromatic rings. The maximum atomic E-state index is 12.7. The van der Waals surface area contributed by atoms with Gasteiger partial charge in [-0.25, -0.2) is 8.78 Å². The Kier molecular flexibility index (Phi) is 8.45. The first-order valence-electron chi connectivity index (χ1n) is 7.51. The molecule has 7 heteroatoms. The Labute approximate surface area is 152 Å². The lowest BCUT2D eigenvalue weighted by atomic mass is 10.0. The first-order chi connectivity index (χ1) is 11.5. The summed E-state index contributed by atoms with van der Waals surface area (Å²) in [5.41, 5.74) is 7.35. The van der Waals surface area contributed by atoms with Gasteiger partial charge in [-0.2, -0.15) is 0 Å². The van der Waals surface area contributed by atoms with Crippen LogP contribution in [-0.2, 0) is 6.61 Å². The molecule has 2 N–H and O–H groups in total. The highest BCUT2D eigenvalue weighted by molar-refractivity contribution is 5.85. The predicted molar refractivity (Wildman–Crippen MR) is 95.1 cm³/mol. The highest BCUT2D eigenvalue weighted by Gasteiger charge is 2.20. The van der Waals surface area contributed by atoms with Crippen LogP contribution in [0.4, 0.5) is 8.78 Å². The third kappa shape index (κ3) is 5.76. The van der Waals surface area contributed by atoms with E-state index < -0.39 is 18.9 Å². The molecule has 1 atom stereocenters. The van der Waals surface area contributed by atoms with Gasteiger partial charge in [0.05, 0.1) is 14.2 Å². The summed E-state index contributed by atoms with van der Waals surface area (Å²) >= 11 is 0. The van der Waals surface area contributed by atoms with Gasteiger partial charge < -0.3 is 19.9 Å². The Bertz CT molecular complexity index is 656. The van der Waals surface area contributed by atoms with E-state index in [9.17, 15) is 8.78 Å². The lowest BCUT2D eigenvalue weighted by Gasteiger charge is -2.19. The third-order valence-electron chi connectivity index (χ3n) is 3.58. The summed E-state index contributed by atoms with van der Waals surface area (Å²) in [4.78, 5) is 0. The molecule has 0 aliphatic heterocycles. The van der Waals surface area contributed by atoms with Crippen LogP contribution in [0, 0.1) is 0 Å².